The molecule has 0 unspecified atom stereocenters. The maximum absolute atomic E-state index is 13.0. The van der Waals surface area contributed by atoms with E-state index in [1.54, 1.807) is 36.4 Å². The van der Waals surface area contributed by atoms with Crippen LogP contribution in [0.15, 0.2) is 71.5 Å². The van der Waals surface area contributed by atoms with Gasteiger partial charge in [-0.2, -0.15) is 5.10 Å². The highest BCUT2D eigenvalue weighted by Crippen LogP contribution is 2.15. The Labute approximate surface area is 160 Å². The molecule has 1 N–H and O–H groups in total. The molecule has 0 saturated carbocycles. The van der Waals surface area contributed by atoms with Gasteiger partial charge in [0.1, 0.15) is 11.6 Å². The predicted molar refractivity (Wildman–Crippen MR) is 102 cm³/mol. The van der Waals surface area contributed by atoms with Crippen LogP contribution in [0.2, 0.25) is 0 Å². The number of hydrogen-bond donors (Lipinski definition) is 1. The summed E-state index contributed by atoms with van der Waals surface area (Å²) in [6, 6.07) is 14.5. The number of nitrogens with zero attached hydrogens (tertiary/aromatic N) is 2. The van der Waals surface area contributed by atoms with Crippen molar-refractivity contribution in [3.63, 3.8) is 0 Å². The molecule has 5 nitrogen and oxygen atoms in total. The van der Waals surface area contributed by atoms with Crippen molar-refractivity contribution < 1.29 is 13.6 Å². The van der Waals surface area contributed by atoms with Crippen molar-refractivity contribution in [1.29, 1.82) is 0 Å². The summed E-state index contributed by atoms with van der Waals surface area (Å²) in [5.74, 6) is -1.04. The largest absolute Gasteiger partial charge is 0.351 e. The molecule has 0 spiro atoms. The molecule has 0 aliphatic carbocycles. The van der Waals surface area contributed by atoms with E-state index in [1.807, 2.05) is 0 Å². The van der Waals surface area contributed by atoms with E-state index in [-0.39, 0.29) is 36.2 Å². The predicted octanol–water partition coefficient (Wildman–Crippen LogP) is 3.02. The van der Waals surface area contributed by atoms with E-state index in [0.717, 1.165) is 0 Å². The SMILES string of the molecule is O=C(/C=C/c1ccc(F)cc1)NCCn1nc(-c2ccc(F)cc2)ccc1=O. The highest BCUT2D eigenvalue weighted by Gasteiger charge is 2.04. The standard InChI is InChI=1S/C21H17F2N3O2/c22-17-6-1-15(2-7-17)3-11-20(27)24-13-14-26-21(28)12-10-19(25-26)16-4-8-18(23)9-5-16/h1-12H,13-14H2,(H,24,27)/b11-3+. The van der Waals surface area contributed by atoms with Gasteiger partial charge in [-0.3, -0.25) is 9.59 Å². The Balaban J connectivity index is 1.59. The van der Waals surface area contributed by atoms with Gasteiger partial charge in [-0.05, 0) is 54.1 Å². The molecular formula is C21H17F2N3O2. The van der Waals surface area contributed by atoms with Crippen molar-refractivity contribution in [2.24, 2.45) is 0 Å². The van der Waals surface area contributed by atoms with Gasteiger partial charge >= 0.3 is 0 Å². The van der Waals surface area contributed by atoms with Gasteiger partial charge in [0.05, 0.1) is 12.2 Å². The molecule has 1 heterocycles. The molecule has 0 aliphatic rings. The van der Waals surface area contributed by atoms with Crippen LogP contribution in [0.5, 0.6) is 0 Å². The fraction of sp³-hybridized carbons (Fsp3) is 0.0952. The van der Waals surface area contributed by atoms with Crippen molar-refractivity contribution in [2.45, 2.75) is 6.54 Å². The van der Waals surface area contributed by atoms with Crippen LogP contribution in [0.4, 0.5) is 8.78 Å². The Kier molecular flexibility index (Phi) is 6.06. The number of hydrogen-bond acceptors (Lipinski definition) is 3. The Morgan fingerprint density at radius 1 is 0.964 bits per heavy atom. The number of aromatic nitrogens is 2. The summed E-state index contributed by atoms with van der Waals surface area (Å²) in [4.78, 5) is 23.8. The van der Waals surface area contributed by atoms with E-state index in [1.165, 1.54) is 41.1 Å². The summed E-state index contributed by atoms with van der Waals surface area (Å²) >= 11 is 0. The third kappa shape index (κ3) is 5.20. The molecule has 28 heavy (non-hydrogen) atoms. The Bertz CT molecular complexity index is 1040. The fourth-order valence-electron chi connectivity index (χ4n) is 2.47. The summed E-state index contributed by atoms with van der Waals surface area (Å²) in [7, 11) is 0. The molecule has 2 aromatic carbocycles. The van der Waals surface area contributed by atoms with E-state index < -0.39 is 0 Å². The van der Waals surface area contributed by atoms with Gasteiger partial charge < -0.3 is 5.32 Å². The number of amides is 1. The van der Waals surface area contributed by atoms with Crippen LogP contribution in [-0.4, -0.2) is 22.2 Å². The summed E-state index contributed by atoms with van der Waals surface area (Å²) in [6.45, 7) is 0.385. The van der Waals surface area contributed by atoms with Crippen molar-refractivity contribution in [3.05, 3.63) is 94.3 Å². The Morgan fingerprint density at radius 2 is 1.61 bits per heavy atom. The van der Waals surface area contributed by atoms with Gasteiger partial charge in [0.2, 0.25) is 5.91 Å². The quantitative estimate of drug-likeness (QED) is 0.668. The highest BCUT2D eigenvalue weighted by atomic mass is 19.1. The van der Waals surface area contributed by atoms with Crippen LogP contribution in [-0.2, 0) is 11.3 Å². The lowest BCUT2D eigenvalue weighted by Crippen LogP contribution is -2.31. The lowest BCUT2D eigenvalue weighted by molar-refractivity contribution is -0.116. The van der Waals surface area contributed by atoms with Crippen molar-refractivity contribution >= 4 is 12.0 Å². The van der Waals surface area contributed by atoms with E-state index >= 15 is 0 Å². The lowest BCUT2D eigenvalue weighted by Gasteiger charge is -2.07. The molecule has 0 atom stereocenters. The van der Waals surface area contributed by atoms with Gasteiger partial charge in [0, 0.05) is 24.3 Å². The molecular weight excluding hydrogens is 364 g/mol. The second kappa shape index (κ2) is 8.85. The number of benzene rings is 2. The number of rotatable bonds is 6. The van der Waals surface area contributed by atoms with Crippen molar-refractivity contribution in [2.75, 3.05) is 6.54 Å². The maximum Gasteiger partial charge on any atom is 0.266 e. The first-order valence-corrected chi connectivity index (χ1v) is 8.57. The van der Waals surface area contributed by atoms with Gasteiger partial charge in [0.15, 0.2) is 0 Å². The molecule has 0 saturated heterocycles. The monoisotopic (exact) mass is 381 g/mol. The van der Waals surface area contributed by atoms with Crippen molar-refractivity contribution in [1.82, 2.24) is 15.1 Å². The topological polar surface area (TPSA) is 64.0 Å². The van der Waals surface area contributed by atoms with E-state index in [0.29, 0.717) is 16.8 Å². The second-order valence-electron chi connectivity index (χ2n) is 5.96. The molecule has 0 bridgehead atoms. The van der Waals surface area contributed by atoms with Gasteiger partial charge in [-0.15, -0.1) is 0 Å². The summed E-state index contributed by atoms with van der Waals surface area (Å²) in [5, 5.41) is 6.91. The highest BCUT2D eigenvalue weighted by molar-refractivity contribution is 5.91. The third-order valence-corrected chi connectivity index (χ3v) is 3.93. The first-order valence-electron chi connectivity index (χ1n) is 8.57. The van der Waals surface area contributed by atoms with Gasteiger partial charge in [-0.25, -0.2) is 13.5 Å². The first kappa shape index (κ1) is 19.2. The third-order valence-electron chi connectivity index (χ3n) is 3.93. The number of halogens is 2. The number of nitrogens with one attached hydrogen (secondary N) is 1. The van der Waals surface area contributed by atoms with Crippen LogP contribution in [0.25, 0.3) is 17.3 Å². The average molecular weight is 381 g/mol. The molecule has 1 aromatic heterocycles. The lowest BCUT2D eigenvalue weighted by atomic mass is 10.1. The Hall–Kier alpha value is -3.61. The van der Waals surface area contributed by atoms with Gasteiger partial charge in [0.25, 0.3) is 5.56 Å². The zero-order chi connectivity index (χ0) is 19.9. The van der Waals surface area contributed by atoms with Crippen LogP contribution in [0.3, 0.4) is 0 Å². The van der Waals surface area contributed by atoms with Crippen LogP contribution >= 0.6 is 0 Å². The minimum atomic E-state index is -0.353. The second-order valence-corrected chi connectivity index (χ2v) is 5.96. The smallest absolute Gasteiger partial charge is 0.266 e. The van der Waals surface area contributed by atoms with E-state index in [9.17, 15) is 18.4 Å². The zero-order valence-corrected chi connectivity index (χ0v) is 14.8. The minimum Gasteiger partial charge on any atom is -0.351 e. The van der Waals surface area contributed by atoms with Crippen LogP contribution in [0.1, 0.15) is 5.56 Å². The molecule has 0 radical (unpaired) electrons. The molecule has 3 rings (SSSR count). The summed E-state index contributed by atoms with van der Waals surface area (Å²) in [5.41, 5.74) is 1.60. The van der Waals surface area contributed by atoms with Gasteiger partial charge in [-0.1, -0.05) is 12.1 Å². The summed E-state index contributed by atoms with van der Waals surface area (Å²) < 4.78 is 27.1. The number of carbonyl (C=O) groups excluding carboxylic acids is 1. The normalized spacial score (nSPS) is 10.9. The average Bonchev–Trinajstić information content (AvgIpc) is 2.70. The molecule has 0 aliphatic heterocycles. The zero-order valence-electron chi connectivity index (χ0n) is 14.8. The first-order chi connectivity index (χ1) is 13.5. The molecule has 0 fully saturated rings. The number of carbonyl (C=O) groups is 1. The van der Waals surface area contributed by atoms with E-state index in [4.69, 9.17) is 0 Å². The fourth-order valence-corrected chi connectivity index (χ4v) is 2.47. The molecule has 142 valence electrons. The van der Waals surface area contributed by atoms with Crippen LogP contribution in [0, 0.1) is 11.6 Å². The summed E-state index contributed by atoms with van der Waals surface area (Å²) in [6.07, 6.45) is 2.90. The minimum absolute atomic E-state index is 0.185. The molecule has 3 aromatic rings. The Morgan fingerprint density at radius 3 is 2.29 bits per heavy atom. The maximum atomic E-state index is 13.0. The molecule has 1 amide bonds. The van der Waals surface area contributed by atoms with E-state index in [2.05, 4.69) is 10.4 Å². The van der Waals surface area contributed by atoms with Crippen molar-refractivity contribution in [3.8, 4) is 11.3 Å². The molecule has 7 heteroatoms. The van der Waals surface area contributed by atoms with Crippen LogP contribution < -0.4 is 10.9 Å².